The van der Waals surface area contributed by atoms with Gasteiger partial charge in [-0.05, 0) is 30.8 Å². The molecule has 7 nitrogen and oxygen atoms in total. The Morgan fingerprint density at radius 1 is 1.28 bits per heavy atom. The molecule has 0 radical (unpaired) electrons. The van der Waals surface area contributed by atoms with Crippen LogP contribution in [0.5, 0.6) is 5.75 Å². The zero-order valence-corrected chi connectivity index (χ0v) is 14.6. The number of likely N-dealkylation sites (N-methyl/N-ethyl adjacent to an activating group) is 1. The maximum atomic E-state index is 12.1. The highest BCUT2D eigenvalue weighted by atomic mass is 35.5. The molecule has 0 unspecified atom stereocenters. The summed E-state index contributed by atoms with van der Waals surface area (Å²) in [6.45, 7) is 0.741. The van der Waals surface area contributed by atoms with Gasteiger partial charge in [0.25, 0.3) is 5.69 Å². The van der Waals surface area contributed by atoms with Crippen molar-refractivity contribution < 1.29 is 14.5 Å². The lowest BCUT2D eigenvalue weighted by Crippen LogP contribution is -2.29. The van der Waals surface area contributed by atoms with E-state index in [1.54, 1.807) is 7.11 Å². The van der Waals surface area contributed by atoms with E-state index in [0.29, 0.717) is 12.2 Å². The van der Waals surface area contributed by atoms with Crippen LogP contribution in [0.3, 0.4) is 0 Å². The number of hydrogen-bond donors (Lipinski definition) is 1. The summed E-state index contributed by atoms with van der Waals surface area (Å²) in [4.78, 5) is 24.1. The van der Waals surface area contributed by atoms with Gasteiger partial charge < -0.3 is 10.1 Å². The van der Waals surface area contributed by atoms with E-state index in [1.807, 2.05) is 36.2 Å². The Hall–Kier alpha value is -2.64. The summed E-state index contributed by atoms with van der Waals surface area (Å²) in [6.07, 6.45) is 0. The number of anilines is 1. The van der Waals surface area contributed by atoms with E-state index >= 15 is 0 Å². The van der Waals surface area contributed by atoms with Gasteiger partial charge in [-0.1, -0.05) is 23.7 Å². The molecular formula is C17H18ClN3O4. The molecule has 2 aromatic rings. The summed E-state index contributed by atoms with van der Waals surface area (Å²) < 4.78 is 5.11. The first-order valence-electron chi connectivity index (χ1n) is 7.44. The lowest BCUT2D eigenvalue weighted by molar-refractivity contribution is -0.384. The normalized spacial score (nSPS) is 10.6. The maximum absolute atomic E-state index is 12.1. The Morgan fingerprint density at radius 3 is 2.52 bits per heavy atom. The first-order chi connectivity index (χ1) is 11.9. The summed E-state index contributed by atoms with van der Waals surface area (Å²) in [5, 5.41) is 13.5. The zero-order chi connectivity index (χ0) is 18.4. The van der Waals surface area contributed by atoms with Gasteiger partial charge in [0.15, 0.2) is 0 Å². The molecule has 0 heterocycles. The minimum absolute atomic E-state index is 0.125. The van der Waals surface area contributed by atoms with Crippen LogP contribution in [0.4, 0.5) is 11.4 Å². The van der Waals surface area contributed by atoms with Crippen LogP contribution >= 0.6 is 11.6 Å². The molecule has 0 saturated heterocycles. The number of amides is 1. The van der Waals surface area contributed by atoms with Gasteiger partial charge in [0.1, 0.15) is 5.75 Å². The van der Waals surface area contributed by atoms with E-state index in [1.165, 1.54) is 18.2 Å². The molecule has 1 N–H and O–H groups in total. The quantitative estimate of drug-likeness (QED) is 0.602. The molecule has 1 amide bonds. The molecule has 0 bridgehead atoms. The fourth-order valence-electron chi connectivity index (χ4n) is 2.25. The van der Waals surface area contributed by atoms with Gasteiger partial charge in [-0.25, -0.2) is 0 Å². The highest BCUT2D eigenvalue weighted by Gasteiger charge is 2.13. The summed E-state index contributed by atoms with van der Waals surface area (Å²) in [5.41, 5.74) is 1.26. The molecule has 0 aromatic heterocycles. The molecule has 132 valence electrons. The third kappa shape index (κ3) is 5.44. The Labute approximate surface area is 150 Å². The average Bonchev–Trinajstić information content (AvgIpc) is 2.57. The highest BCUT2D eigenvalue weighted by Crippen LogP contribution is 2.26. The summed E-state index contributed by atoms with van der Waals surface area (Å²) >= 11 is 5.97. The first-order valence-corrected chi connectivity index (χ1v) is 7.82. The van der Waals surface area contributed by atoms with Crippen molar-refractivity contribution >= 4 is 28.9 Å². The van der Waals surface area contributed by atoms with E-state index in [2.05, 4.69) is 5.32 Å². The van der Waals surface area contributed by atoms with Crippen LogP contribution in [0.15, 0.2) is 42.5 Å². The number of nitrogens with one attached hydrogen (secondary N) is 1. The predicted octanol–water partition coefficient (Wildman–Crippen LogP) is 3.33. The highest BCUT2D eigenvalue weighted by molar-refractivity contribution is 6.34. The number of halogens is 1. The number of benzene rings is 2. The lowest BCUT2D eigenvalue weighted by atomic mass is 10.2. The number of nitro groups is 1. The monoisotopic (exact) mass is 363 g/mol. The second-order valence-corrected chi connectivity index (χ2v) is 5.90. The van der Waals surface area contributed by atoms with E-state index in [9.17, 15) is 14.9 Å². The zero-order valence-electron chi connectivity index (χ0n) is 13.9. The van der Waals surface area contributed by atoms with Crippen molar-refractivity contribution in [1.29, 1.82) is 0 Å². The fourth-order valence-corrected chi connectivity index (χ4v) is 2.47. The molecule has 0 saturated carbocycles. The van der Waals surface area contributed by atoms with Gasteiger partial charge in [0, 0.05) is 18.7 Å². The third-order valence-corrected chi connectivity index (χ3v) is 3.78. The van der Waals surface area contributed by atoms with E-state index in [4.69, 9.17) is 16.3 Å². The van der Waals surface area contributed by atoms with Gasteiger partial charge in [-0.15, -0.1) is 0 Å². The topological polar surface area (TPSA) is 84.7 Å². The largest absolute Gasteiger partial charge is 0.497 e. The molecule has 25 heavy (non-hydrogen) atoms. The van der Waals surface area contributed by atoms with Crippen LogP contribution in [0, 0.1) is 10.1 Å². The van der Waals surface area contributed by atoms with Crippen molar-refractivity contribution in [2.45, 2.75) is 6.54 Å². The summed E-state index contributed by atoms with van der Waals surface area (Å²) in [5.74, 6) is 0.517. The Bertz CT molecular complexity index is 765. The number of methoxy groups -OCH3 is 1. The Morgan fingerprint density at radius 2 is 1.96 bits per heavy atom. The SMILES string of the molecule is COc1ccc(CN(C)CC(=O)Nc2ccc([N+](=O)[O-])cc2Cl)cc1. The second kappa shape index (κ2) is 8.46. The molecule has 8 heteroatoms. The standard InChI is InChI=1S/C17H18ClN3O4/c1-20(10-12-3-6-14(25-2)7-4-12)11-17(22)19-16-8-5-13(21(23)24)9-15(16)18/h3-9H,10-11H2,1-2H3,(H,19,22). The minimum Gasteiger partial charge on any atom is -0.497 e. The third-order valence-electron chi connectivity index (χ3n) is 3.46. The van der Waals surface area contributed by atoms with Crippen LogP contribution < -0.4 is 10.1 Å². The molecule has 2 aromatic carbocycles. The van der Waals surface area contributed by atoms with Crippen molar-refractivity contribution in [3.63, 3.8) is 0 Å². The minimum atomic E-state index is -0.542. The van der Waals surface area contributed by atoms with Crippen molar-refractivity contribution in [3.8, 4) is 5.75 Å². The van der Waals surface area contributed by atoms with Crippen molar-refractivity contribution in [2.75, 3.05) is 26.0 Å². The van der Waals surface area contributed by atoms with Crippen LogP contribution in [-0.4, -0.2) is 36.4 Å². The Kier molecular flexibility index (Phi) is 6.32. The van der Waals surface area contributed by atoms with E-state index in [0.717, 1.165) is 11.3 Å². The number of ether oxygens (including phenoxy) is 1. The molecule has 2 rings (SSSR count). The van der Waals surface area contributed by atoms with E-state index < -0.39 is 4.92 Å². The Balaban J connectivity index is 1.91. The van der Waals surface area contributed by atoms with Gasteiger partial charge >= 0.3 is 0 Å². The number of carbonyl (C=O) groups is 1. The summed E-state index contributed by atoms with van der Waals surface area (Å²) in [7, 11) is 3.43. The van der Waals surface area contributed by atoms with Crippen LogP contribution in [0.2, 0.25) is 5.02 Å². The molecule has 0 aliphatic rings. The first kappa shape index (κ1) is 18.7. The second-order valence-electron chi connectivity index (χ2n) is 5.49. The molecule has 0 spiro atoms. The van der Waals surface area contributed by atoms with Gasteiger partial charge in [-0.2, -0.15) is 0 Å². The van der Waals surface area contributed by atoms with E-state index in [-0.39, 0.29) is 23.2 Å². The van der Waals surface area contributed by atoms with Gasteiger partial charge in [0.2, 0.25) is 5.91 Å². The van der Waals surface area contributed by atoms with Crippen molar-refractivity contribution in [3.05, 3.63) is 63.2 Å². The number of rotatable bonds is 7. The number of non-ortho nitro benzene ring substituents is 1. The summed E-state index contributed by atoms with van der Waals surface area (Å²) in [6, 6.07) is 11.5. The molecule has 0 aliphatic carbocycles. The molecule has 0 atom stereocenters. The van der Waals surface area contributed by atoms with Crippen LogP contribution in [0.25, 0.3) is 0 Å². The van der Waals surface area contributed by atoms with Crippen LogP contribution in [0.1, 0.15) is 5.56 Å². The fraction of sp³-hybridized carbons (Fsp3) is 0.235. The van der Waals surface area contributed by atoms with Gasteiger partial charge in [-0.3, -0.25) is 19.8 Å². The van der Waals surface area contributed by atoms with Crippen molar-refractivity contribution in [1.82, 2.24) is 4.90 Å². The van der Waals surface area contributed by atoms with Gasteiger partial charge in [0.05, 0.1) is 29.3 Å². The average molecular weight is 364 g/mol. The predicted molar refractivity (Wildman–Crippen MR) is 96.1 cm³/mol. The smallest absolute Gasteiger partial charge is 0.271 e. The molecular weight excluding hydrogens is 346 g/mol. The number of hydrogen-bond acceptors (Lipinski definition) is 5. The maximum Gasteiger partial charge on any atom is 0.271 e. The van der Waals surface area contributed by atoms with Crippen LogP contribution in [-0.2, 0) is 11.3 Å². The number of nitrogens with zero attached hydrogens (tertiary/aromatic N) is 2. The molecule has 0 aliphatic heterocycles. The molecule has 0 fully saturated rings. The lowest BCUT2D eigenvalue weighted by Gasteiger charge is -2.17. The number of nitro benzene ring substituents is 1. The number of carbonyl (C=O) groups excluding carboxylic acids is 1. The van der Waals surface area contributed by atoms with Crippen molar-refractivity contribution in [2.24, 2.45) is 0 Å².